The lowest BCUT2D eigenvalue weighted by Gasteiger charge is -2.05. The summed E-state index contributed by atoms with van der Waals surface area (Å²) in [6.45, 7) is 1.90. The van der Waals surface area contributed by atoms with Gasteiger partial charge in [0.1, 0.15) is 5.82 Å². The number of halogens is 1. The Kier molecular flexibility index (Phi) is 4.08. The number of thiazole rings is 1. The minimum atomic E-state index is -0.300. The standard InChI is InChI=1S/C15H12FN3OS2/c1-9-8-21-14(17-9)18-15-19(2)13(20)12(22-15)7-10-3-5-11(16)6-4-10/h3-8H,1-2H3/b12-7-,18-15+. The Labute approximate surface area is 135 Å². The number of amides is 1. The van der Waals surface area contributed by atoms with Gasteiger partial charge >= 0.3 is 0 Å². The van der Waals surface area contributed by atoms with Gasteiger partial charge in [-0.2, -0.15) is 4.99 Å². The predicted molar refractivity (Wildman–Crippen MR) is 88.7 cm³/mol. The van der Waals surface area contributed by atoms with Crippen LogP contribution in [-0.4, -0.2) is 28.0 Å². The monoisotopic (exact) mass is 333 g/mol. The molecule has 2 heterocycles. The number of aliphatic imine (C=N–C) groups is 1. The number of likely N-dealkylation sites (N-methyl/N-ethyl adjacent to an activating group) is 1. The first-order chi connectivity index (χ1) is 10.5. The fourth-order valence-corrected chi connectivity index (χ4v) is 3.53. The molecule has 1 aromatic carbocycles. The molecule has 1 aliphatic heterocycles. The van der Waals surface area contributed by atoms with Crippen molar-refractivity contribution >= 4 is 45.4 Å². The van der Waals surface area contributed by atoms with Gasteiger partial charge in [-0.15, -0.1) is 11.3 Å². The molecule has 0 unspecified atom stereocenters. The van der Waals surface area contributed by atoms with Gasteiger partial charge in [-0.1, -0.05) is 12.1 Å². The summed E-state index contributed by atoms with van der Waals surface area (Å²) in [5.41, 5.74) is 1.68. The van der Waals surface area contributed by atoms with Gasteiger partial charge in [0.2, 0.25) is 5.13 Å². The molecule has 112 valence electrons. The van der Waals surface area contributed by atoms with Crippen LogP contribution in [0.5, 0.6) is 0 Å². The molecular formula is C15H12FN3OS2. The summed E-state index contributed by atoms with van der Waals surface area (Å²) in [6.07, 6.45) is 1.73. The van der Waals surface area contributed by atoms with Crippen LogP contribution in [0.3, 0.4) is 0 Å². The lowest BCUT2D eigenvalue weighted by atomic mass is 10.2. The van der Waals surface area contributed by atoms with E-state index in [9.17, 15) is 9.18 Å². The molecule has 22 heavy (non-hydrogen) atoms. The van der Waals surface area contributed by atoms with Crippen LogP contribution in [0.4, 0.5) is 9.52 Å². The second-order valence-electron chi connectivity index (χ2n) is 4.69. The van der Waals surface area contributed by atoms with Gasteiger partial charge in [0.25, 0.3) is 5.91 Å². The van der Waals surface area contributed by atoms with Crippen molar-refractivity contribution in [2.24, 2.45) is 4.99 Å². The van der Waals surface area contributed by atoms with Crippen LogP contribution in [0, 0.1) is 12.7 Å². The normalized spacial score (nSPS) is 18.7. The Morgan fingerprint density at radius 2 is 2.05 bits per heavy atom. The lowest BCUT2D eigenvalue weighted by Crippen LogP contribution is -2.23. The van der Waals surface area contributed by atoms with Crippen molar-refractivity contribution in [2.75, 3.05) is 7.05 Å². The fraction of sp³-hybridized carbons (Fsp3) is 0.133. The summed E-state index contributed by atoms with van der Waals surface area (Å²) in [4.78, 5) is 23.0. The average Bonchev–Trinajstić information content (AvgIpc) is 3.01. The number of hydrogen-bond donors (Lipinski definition) is 0. The van der Waals surface area contributed by atoms with E-state index in [1.807, 2.05) is 12.3 Å². The first-order valence-corrected chi connectivity index (χ1v) is 8.16. The minimum Gasteiger partial charge on any atom is -0.289 e. The van der Waals surface area contributed by atoms with Crippen molar-refractivity contribution in [1.82, 2.24) is 9.88 Å². The van der Waals surface area contributed by atoms with E-state index in [0.717, 1.165) is 11.3 Å². The van der Waals surface area contributed by atoms with Crippen LogP contribution >= 0.6 is 23.1 Å². The molecule has 1 saturated heterocycles. The summed E-state index contributed by atoms with van der Waals surface area (Å²) < 4.78 is 12.9. The zero-order valence-electron chi connectivity index (χ0n) is 11.9. The van der Waals surface area contributed by atoms with Gasteiger partial charge < -0.3 is 0 Å². The van der Waals surface area contributed by atoms with E-state index in [-0.39, 0.29) is 11.7 Å². The SMILES string of the molecule is Cc1csc(/N=C2/S/C(=C\c3ccc(F)cc3)C(=O)N2C)n1. The van der Waals surface area contributed by atoms with Crippen LogP contribution in [0.1, 0.15) is 11.3 Å². The zero-order chi connectivity index (χ0) is 15.7. The van der Waals surface area contributed by atoms with Crippen LogP contribution in [-0.2, 0) is 4.79 Å². The van der Waals surface area contributed by atoms with Gasteiger partial charge in [0.15, 0.2) is 5.17 Å². The molecule has 1 amide bonds. The van der Waals surface area contributed by atoms with E-state index >= 15 is 0 Å². The molecule has 0 N–H and O–H groups in total. The quantitative estimate of drug-likeness (QED) is 0.785. The van der Waals surface area contributed by atoms with E-state index in [1.165, 1.54) is 40.1 Å². The molecule has 1 aromatic heterocycles. The Hall–Kier alpha value is -1.99. The molecule has 0 aliphatic carbocycles. The van der Waals surface area contributed by atoms with Gasteiger partial charge in [-0.05, 0) is 42.5 Å². The Bertz CT molecular complexity index is 780. The highest BCUT2D eigenvalue weighted by molar-refractivity contribution is 8.18. The van der Waals surface area contributed by atoms with Crippen LogP contribution in [0.2, 0.25) is 0 Å². The topological polar surface area (TPSA) is 45.6 Å². The molecule has 1 fully saturated rings. The predicted octanol–water partition coefficient (Wildman–Crippen LogP) is 3.82. The third-order valence-corrected chi connectivity index (χ3v) is 4.88. The smallest absolute Gasteiger partial charge is 0.266 e. The largest absolute Gasteiger partial charge is 0.289 e. The van der Waals surface area contributed by atoms with Gasteiger partial charge in [-0.3, -0.25) is 9.69 Å². The third kappa shape index (κ3) is 3.10. The molecule has 0 radical (unpaired) electrons. The molecule has 4 nitrogen and oxygen atoms in total. The summed E-state index contributed by atoms with van der Waals surface area (Å²) in [5.74, 6) is -0.424. The van der Waals surface area contributed by atoms with Crippen LogP contribution in [0.25, 0.3) is 6.08 Å². The van der Waals surface area contributed by atoms with E-state index in [0.29, 0.717) is 15.2 Å². The Morgan fingerprint density at radius 3 is 2.68 bits per heavy atom. The molecule has 0 spiro atoms. The number of hydrogen-bond acceptors (Lipinski definition) is 5. The van der Waals surface area contributed by atoms with Crippen molar-refractivity contribution < 1.29 is 9.18 Å². The van der Waals surface area contributed by atoms with Crippen molar-refractivity contribution in [3.05, 3.63) is 51.6 Å². The Balaban J connectivity index is 1.88. The van der Waals surface area contributed by atoms with Crippen molar-refractivity contribution in [1.29, 1.82) is 0 Å². The number of aromatic nitrogens is 1. The number of nitrogens with zero attached hydrogens (tertiary/aromatic N) is 3. The number of carbonyl (C=O) groups is 1. The summed E-state index contributed by atoms with van der Waals surface area (Å²) in [6, 6.07) is 6.01. The van der Waals surface area contributed by atoms with E-state index < -0.39 is 0 Å². The molecule has 0 saturated carbocycles. The highest BCUT2D eigenvalue weighted by Gasteiger charge is 2.30. The maximum atomic E-state index is 12.9. The number of benzene rings is 1. The maximum absolute atomic E-state index is 12.9. The first-order valence-electron chi connectivity index (χ1n) is 6.47. The van der Waals surface area contributed by atoms with E-state index in [4.69, 9.17) is 0 Å². The lowest BCUT2D eigenvalue weighted by molar-refractivity contribution is -0.121. The minimum absolute atomic E-state index is 0.124. The molecule has 1 aliphatic rings. The maximum Gasteiger partial charge on any atom is 0.266 e. The Morgan fingerprint density at radius 1 is 1.32 bits per heavy atom. The van der Waals surface area contributed by atoms with Crippen LogP contribution in [0.15, 0.2) is 39.5 Å². The van der Waals surface area contributed by atoms with Crippen molar-refractivity contribution in [3.63, 3.8) is 0 Å². The number of amidine groups is 1. The fourth-order valence-electron chi connectivity index (χ4n) is 1.84. The summed E-state index contributed by atoms with van der Waals surface area (Å²) >= 11 is 2.73. The van der Waals surface area contributed by atoms with Gasteiger partial charge in [-0.25, -0.2) is 9.37 Å². The first kappa shape index (κ1) is 14.9. The number of thioether (sulfide) groups is 1. The number of aryl methyl sites for hydroxylation is 1. The van der Waals surface area contributed by atoms with Gasteiger partial charge in [0.05, 0.1) is 10.6 Å². The molecule has 7 heteroatoms. The zero-order valence-corrected chi connectivity index (χ0v) is 13.5. The van der Waals surface area contributed by atoms with Crippen molar-refractivity contribution in [3.8, 4) is 0 Å². The average molecular weight is 333 g/mol. The summed E-state index contributed by atoms with van der Waals surface area (Å²) in [7, 11) is 1.68. The second-order valence-corrected chi connectivity index (χ2v) is 6.54. The molecule has 0 bridgehead atoms. The third-order valence-electron chi connectivity index (χ3n) is 2.97. The van der Waals surface area contributed by atoms with Crippen molar-refractivity contribution in [2.45, 2.75) is 6.92 Å². The molecule has 3 rings (SSSR count). The number of rotatable bonds is 2. The highest BCUT2D eigenvalue weighted by Crippen LogP contribution is 2.33. The molecule has 0 atom stereocenters. The van der Waals surface area contributed by atoms with Crippen LogP contribution < -0.4 is 0 Å². The van der Waals surface area contributed by atoms with Gasteiger partial charge in [0, 0.05) is 12.4 Å². The second kappa shape index (κ2) is 6.02. The molecular weight excluding hydrogens is 321 g/mol. The highest BCUT2D eigenvalue weighted by atomic mass is 32.2. The number of carbonyl (C=O) groups excluding carboxylic acids is 1. The summed E-state index contributed by atoms with van der Waals surface area (Å²) in [5, 5.41) is 3.13. The molecule has 2 aromatic rings. The van der Waals surface area contributed by atoms with E-state index in [2.05, 4.69) is 9.98 Å². The van der Waals surface area contributed by atoms with E-state index in [1.54, 1.807) is 25.3 Å².